The van der Waals surface area contributed by atoms with E-state index in [0.717, 1.165) is 0 Å². The fourth-order valence-corrected chi connectivity index (χ4v) is 3.37. The number of aromatic amines is 2. The molecule has 0 spiro atoms. The summed E-state index contributed by atoms with van der Waals surface area (Å²) in [4.78, 5) is 44.4. The molecule has 156 valence electrons. The number of benzene rings is 2. The highest BCUT2D eigenvalue weighted by atomic mass is 32.1. The molecular formula is C21H17N5O4S. The summed E-state index contributed by atoms with van der Waals surface area (Å²) < 4.78 is 5.08. The van der Waals surface area contributed by atoms with E-state index in [-0.39, 0.29) is 28.3 Å². The Balaban J connectivity index is 2.01. The van der Waals surface area contributed by atoms with Crippen molar-refractivity contribution in [1.29, 1.82) is 0 Å². The number of anilines is 3. The molecular weight excluding hydrogens is 418 g/mol. The summed E-state index contributed by atoms with van der Waals surface area (Å²) >= 11 is 5.00. The number of fused-ring (bicyclic) bond motifs is 1. The van der Waals surface area contributed by atoms with Gasteiger partial charge in [0.2, 0.25) is 4.77 Å². The van der Waals surface area contributed by atoms with Crippen LogP contribution >= 0.6 is 12.2 Å². The van der Waals surface area contributed by atoms with Crippen molar-refractivity contribution in [2.75, 3.05) is 16.8 Å². The molecule has 0 atom stereocenters. The van der Waals surface area contributed by atoms with Crippen LogP contribution in [0, 0.1) is 4.77 Å². The molecule has 0 radical (unpaired) electrons. The predicted octanol–water partition coefficient (Wildman–Crippen LogP) is 2.89. The van der Waals surface area contributed by atoms with Crippen molar-refractivity contribution in [2.24, 2.45) is 0 Å². The zero-order valence-corrected chi connectivity index (χ0v) is 17.2. The first-order valence-electron chi connectivity index (χ1n) is 9.37. The number of para-hydroxylation sites is 3. The second-order valence-electron chi connectivity index (χ2n) is 6.43. The van der Waals surface area contributed by atoms with Crippen LogP contribution in [-0.4, -0.2) is 33.7 Å². The van der Waals surface area contributed by atoms with Crippen LogP contribution in [-0.2, 0) is 14.3 Å². The Morgan fingerprint density at radius 2 is 1.77 bits per heavy atom. The van der Waals surface area contributed by atoms with Crippen LogP contribution in [0.4, 0.5) is 17.1 Å². The molecule has 3 N–H and O–H groups in total. The minimum atomic E-state index is -0.871. The van der Waals surface area contributed by atoms with E-state index in [1.807, 2.05) is 6.07 Å². The number of nitrogens with zero attached hydrogens (tertiary/aromatic N) is 2. The van der Waals surface area contributed by atoms with Crippen LogP contribution in [0.1, 0.15) is 12.6 Å². The Morgan fingerprint density at radius 3 is 2.52 bits per heavy atom. The molecule has 4 rings (SSSR count). The van der Waals surface area contributed by atoms with Gasteiger partial charge in [-0.15, -0.1) is 0 Å². The zero-order valence-electron chi connectivity index (χ0n) is 16.3. The van der Waals surface area contributed by atoms with E-state index in [1.165, 1.54) is 4.90 Å². The number of hydrogen-bond acceptors (Lipinski definition) is 7. The third-order valence-corrected chi connectivity index (χ3v) is 4.71. The average Bonchev–Trinajstić information content (AvgIpc) is 2.77. The van der Waals surface area contributed by atoms with Gasteiger partial charge in [-0.1, -0.05) is 30.3 Å². The van der Waals surface area contributed by atoms with E-state index in [4.69, 9.17) is 17.0 Å². The van der Waals surface area contributed by atoms with Gasteiger partial charge < -0.3 is 10.1 Å². The quantitative estimate of drug-likeness (QED) is 0.327. The third kappa shape index (κ3) is 3.76. The molecule has 9 nitrogen and oxygen atoms in total. The normalized spacial score (nSPS) is 14.5. The summed E-state index contributed by atoms with van der Waals surface area (Å²) in [6.07, 6.45) is 0. The number of amides is 1. The van der Waals surface area contributed by atoms with Gasteiger partial charge in [0.05, 0.1) is 18.0 Å². The number of nitrogens with one attached hydrogen (secondary N) is 3. The first-order valence-corrected chi connectivity index (χ1v) is 9.78. The monoisotopic (exact) mass is 435 g/mol. The standard InChI is InChI=1S/C21H17N5O4S/c1-2-30-20(29)15(16-18(27)24-25-21(31)23-16)17-19(28)26(12-8-4-3-5-9-12)14-11-7-6-10-13(14)22-17/h3-11,22H,2H2,1H3,(H,24,27)(H,23,25,31). The van der Waals surface area contributed by atoms with E-state index in [0.29, 0.717) is 17.1 Å². The molecule has 0 unspecified atom stereocenters. The Hall–Kier alpha value is -4.05. The second kappa shape index (κ2) is 8.36. The van der Waals surface area contributed by atoms with Gasteiger partial charge in [-0.3, -0.25) is 24.7 Å². The molecule has 1 aromatic heterocycles. The van der Waals surface area contributed by atoms with E-state index in [9.17, 15) is 14.4 Å². The number of carbonyl (C=O) groups excluding carboxylic acids is 2. The van der Waals surface area contributed by atoms with Gasteiger partial charge >= 0.3 is 5.97 Å². The van der Waals surface area contributed by atoms with E-state index < -0.39 is 17.4 Å². The molecule has 1 amide bonds. The molecule has 1 aliphatic heterocycles. The second-order valence-corrected chi connectivity index (χ2v) is 6.82. The van der Waals surface area contributed by atoms with Crippen molar-refractivity contribution in [3.8, 4) is 0 Å². The summed E-state index contributed by atoms with van der Waals surface area (Å²) in [6, 6.07) is 16.1. The molecule has 2 heterocycles. The zero-order chi connectivity index (χ0) is 22.0. The van der Waals surface area contributed by atoms with Gasteiger partial charge in [0.25, 0.3) is 11.5 Å². The largest absolute Gasteiger partial charge is 0.462 e. The topological polar surface area (TPSA) is 120 Å². The van der Waals surface area contributed by atoms with Gasteiger partial charge in [0.15, 0.2) is 0 Å². The first kappa shape index (κ1) is 20.2. The lowest BCUT2D eigenvalue weighted by atomic mass is 10.0. The van der Waals surface area contributed by atoms with Crippen molar-refractivity contribution in [3.05, 3.63) is 81.1 Å². The highest BCUT2D eigenvalue weighted by Crippen LogP contribution is 2.39. The fourth-order valence-electron chi connectivity index (χ4n) is 3.23. The molecule has 0 fully saturated rings. The van der Waals surface area contributed by atoms with Crippen molar-refractivity contribution >= 4 is 46.7 Å². The van der Waals surface area contributed by atoms with Crippen LogP contribution in [0.25, 0.3) is 5.57 Å². The van der Waals surface area contributed by atoms with E-state index in [2.05, 4.69) is 20.5 Å². The minimum absolute atomic E-state index is 0.0420. The Bertz CT molecular complexity index is 1310. The minimum Gasteiger partial charge on any atom is -0.462 e. The highest BCUT2D eigenvalue weighted by molar-refractivity contribution is 7.71. The molecule has 0 aliphatic carbocycles. The predicted molar refractivity (Wildman–Crippen MR) is 117 cm³/mol. The molecule has 0 saturated carbocycles. The summed E-state index contributed by atoms with van der Waals surface area (Å²) in [7, 11) is 0. The third-order valence-electron chi connectivity index (χ3n) is 4.51. The SMILES string of the molecule is CCOC(=O)C(=C1Nc2ccccc2N(c2ccccc2)C1=O)c1nc(=S)[nH][nH]c1=O. The van der Waals surface area contributed by atoms with Crippen LogP contribution in [0.5, 0.6) is 0 Å². The molecule has 3 aromatic rings. The Kier molecular flexibility index (Phi) is 5.46. The van der Waals surface area contributed by atoms with Gasteiger partial charge in [-0.05, 0) is 43.4 Å². The van der Waals surface area contributed by atoms with Crippen LogP contribution < -0.4 is 15.8 Å². The summed E-state index contributed by atoms with van der Waals surface area (Å²) in [6.45, 7) is 1.66. The van der Waals surface area contributed by atoms with E-state index >= 15 is 0 Å². The molecule has 10 heteroatoms. The summed E-state index contributed by atoms with van der Waals surface area (Å²) in [5, 5.41) is 7.71. The number of rotatable bonds is 4. The van der Waals surface area contributed by atoms with Crippen LogP contribution in [0.3, 0.4) is 0 Å². The molecule has 31 heavy (non-hydrogen) atoms. The average molecular weight is 435 g/mol. The number of aromatic nitrogens is 3. The fraction of sp³-hybridized carbons (Fsp3) is 0.0952. The molecule has 0 bridgehead atoms. The molecule has 0 saturated heterocycles. The van der Waals surface area contributed by atoms with Gasteiger partial charge in [-0.25, -0.2) is 9.78 Å². The number of ether oxygens (including phenoxy) is 1. The van der Waals surface area contributed by atoms with Gasteiger partial charge in [0, 0.05) is 5.69 Å². The van der Waals surface area contributed by atoms with Crippen molar-refractivity contribution < 1.29 is 14.3 Å². The lowest BCUT2D eigenvalue weighted by Gasteiger charge is -2.32. The van der Waals surface area contributed by atoms with Gasteiger partial charge in [-0.2, -0.15) is 0 Å². The molecule has 2 aromatic carbocycles. The maximum absolute atomic E-state index is 13.6. The van der Waals surface area contributed by atoms with Crippen molar-refractivity contribution in [3.63, 3.8) is 0 Å². The lowest BCUT2D eigenvalue weighted by molar-refractivity contribution is -0.136. The van der Waals surface area contributed by atoms with Gasteiger partial charge in [0.1, 0.15) is 17.0 Å². The lowest BCUT2D eigenvalue weighted by Crippen LogP contribution is -2.37. The maximum Gasteiger partial charge on any atom is 0.342 e. The molecule has 1 aliphatic rings. The maximum atomic E-state index is 13.6. The Labute approximate surface area is 181 Å². The van der Waals surface area contributed by atoms with Crippen molar-refractivity contribution in [2.45, 2.75) is 6.92 Å². The van der Waals surface area contributed by atoms with Crippen LogP contribution in [0.2, 0.25) is 0 Å². The number of carbonyl (C=O) groups is 2. The summed E-state index contributed by atoms with van der Waals surface area (Å²) in [5.41, 5.74) is 0.282. The number of esters is 1. The van der Waals surface area contributed by atoms with E-state index in [1.54, 1.807) is 55.5 Å². The van der Waals surface area contributed by atoms with Crippen molar-refractivity contribution in [1.82, 2.24) is 15.2 Å². The highest BCUT2D eigenvalue weighted by Gasteiger charge is 2.35. The smallest absolute Gasteiger partial charge is 0.342 e. The first-order chi connectivity index (χ1) is 15.0. The number of H-pyrrole nitrogens is 2. The summed E-state index contributed by atoms with van der Waals surface area (Å²) in [5.74, 6) is -1.42. The Morgan fingerprint density at radius 1 is 1.06 bits per heavy atom. The van der Waals surface area contributed by atoms with Crippen LogP contribution in [0.15, 0.2) is 65.1 Å². The number of hydrogen-bond donors (Lipinski definition) is 3.